The fourth-order valence-electron chi connectivity index (χ4n) is 4.77. The van der Waals surface area contributed by atoms with Crippen LogP contribution in [0.2, 0.25) is 0 Å². The standard InChI is InChI=1S/C19H21F3N4O3S/c20-19(21,22)13-3-1-2-12(10-13)18(4-5-18)16-24-15(25-29-16)14-11-17(14)6-8-26(9-7-17)30(23,27)28/h1-3,10,14H,4-9,11H2,(H2,23,27,28)/t14-/m0/s1. The first-order chi connectivity index (χ1) is 14.0. The van der Waals surface area contributed by atoms with Crippen molar-refractivity contribution in [2.75, 3.05) is 13.1 Å². The van der Waals surface area contributed by atoms with Crippen LogP contribution in [0.25, 0.3) is 0 Å². The molecule has 2 heterocycles. The molecular formula is C19H21F3N4O3S. The van der Waals surface area contributed by atoms with Gasteiger partial charge in [0.25, 0.3) is 10.2 Å². The highest BCUT2D eigenvalue weighted by Crippen LogP contribution is 2.64. The van der Waals surface area contributed by atoms with E-state index in [0.717, 1.165) is 12.5 Å². The van der Waals surface area contributed by atoms with Gasteiger partial charge in [0, 0.05) is 19.0 Å². The van der Waals surface area contributed by atoms with Gasteiger partial charge in [-0.1, -0.05) is 23.4 Å². The van der Waals surface area contributed by atoms with E-state index in [1.807, 2.05) is 0 Å². The molecule has 1 aromatic heterocycles. The summed E-state index contributed by atoms with van der Waals surface area (Å²) in [6.45, 7) is 0.739. The van der Waals surface area contributed by atoms with Gasteiger partial charge in [-0.15, -0.1) is 0 Å². The number of hydrogen-bond donors (Lipinski definition) is 1. The van der Waals surface area contributed by atoms with Crippen LogP contribution in [0.1, 0.15) is 60.9 Å². The molecule has 30 heavy (non-hydrogen) atoms. The van der Waals surface area contributed by atoms with Crippen LogP contribution in [0.15, 0.2) is 28.8 Å². The quantitative estimate of drug-likeness (QED) is 0.784. The van der Waals surface area contributed by atoms with Crippen LogP contribution >= 0.6 is 0 Å². The van der Waals surface area contributed by atoms with E-state index in [2.05, 4.69) is 10.1 Å². The molecule has 5 rings (SSSR count). The third-order valence-corrected chi connectivity index (χ3v) is 8.01. The van der Waals surface area contributed by atoms with Gasteiger partial charge in [-0.2, -0.15) is 30.9 Å². The molecule has 3 aliphatic rings. The number of hydrogen-bond acceptors (Lipinski definition) is 5. The summed E-state index contributed by atoms with van der Waals surface area (Å²) in [5.74, 6) is 1.00. The molecule has 0 unspecified atom stereocenters. The molecule has 1 aliphatic heterocycles. The summed E-state index contributed by atoms with van der Waals surface area (Å²) >= 11 is 0. The second-order valence-corrected chi connectivity index (χ2v) is 10.2. The number of nitrogens with two attached hydrogens (primary N) is 1. The monoisotopic (exact) mass is 442 g/mol. The van der Waals surface area contributed by atoms with Gasteiger partial charge in [-0.3, -0.25) is 0 Å². The minimum atomic E-state index is -4.40. The molecule has 0 radical (unpaired) electrons. The lowest BCUT2D eigenvalue weighted by atomic mass is 9.91. The van der Waals surface area contributed by atoms with E-state index < -0.39 is 27.4 Å². The van der Waals surface area contributed by atoms with E-state index in [1.165, 1.54) is 16.4 Å². The summed E-state index contributed by atoms with van der Waals surface area (Å²) in [5, 5.41) is 9.34. The van der Waals surface area contributed by atoms with E-state index >= 15 is 0 Å². The van der Waals surface area contributed by atoms with Gasteiger partial charge in [0.15, 0.2) is 5.82 Å². The normalized spacial score (nSPS) is 25.4. The zero-order chi connectivity index (χ0) is 21.4. The number of benzene rings is 1. The van der Waals surface area contributed by atoms with Crippen LogP contribution in [-0.4, -0.2) is 36.0 Å². The first-order valence-electron chi connectivity index (χ1n) is 9.83. The Kier molecular flexibility index (Phi) is 4.17. The molecule has 2 aliphatic carbocycles. The van der Waals surface area contributed by atoms with Gasteiger partial charge in [0.05, 0.1) is 11.0 Å². The molecular weight excluding hydrogens is 421 g/mol. The SMILES string of the molecule is NS(=O)(=O)N1CCC2(CC1)C[C@H]2c1noc(C2(c3cccc(C(F)(F)F)c3)CC2)n1. The molecule has 0 amide bonds. The smallest absolute Gasteiger partial charge is 0.338 e. The summed E-state index contributed by atoms with van der Waals surface area (Å²) in [5.41, 5.74) is -0.839. The second-order valence-electron chi connectivity index (χ2n) is 8.68. The van der Waals surface area contributed by atoms with Crippen molar-refractivity contribution in [2.45, 2.75) is 49.6 Å². The average Bonchev–Trinajstić information content (AvgIpc) is 3.57. The molecule has 2 aromatic rings. The first kappa shape index (κ1) is 20.0. The third-order valence-electron chi connectivity index (χ3n) is 6.92. The lowest BCUT2D eigenvalue weighted by molar-refractivity contribution is -0.137. The van der Waals surface area contributed by atoms with Crippen molar-refractivity contribution in [3.63, 3.8) is 0 Å². The van der Waals surface area contributed by atoms with Crippen molar-refractivity contribution < 1.29 is 26.1 Å². The van der Waals surface area contributed by atoms with Gasteiger partial charge in [-0.05, 0) is 49.1 Å². The van der Waals surface area contributed by atoms with E-state index in [9.17, 15) is 21.6 Å². The Balaban J connectivity index is 1.34. The van der Waals surface area contributed by atoms with E-state index in [4.69, 9.17) is 9.66 Å². The topological polar surface area (TPSA) is 102 Å². The molecule has 2 saturated carbocycles. The minimum absolute atomic E-state index is 0.0464. The first-order valence-corrected chi connectivity index (χ1v) is 11.3. The number of halogens is 3. The van der Waals surface area contributed by atoms with Crippen LogP contribution in [0.3, 0.4) is 0 Å². The minimum Gasteiger partial charge on any atom is -0.338 e. The van der Waals surface area contributed by atoms with E-state index in [1.54, 1.807) is 6.07 Å². The number of aromatic nitrogens is 2. The summed E-state index contributed by atoms with van der Waals surface area (Å²) in [6.07, 6.45) is -0.878. The summed E-state index contributed by atoms with van der Waals surface area (Å²) in [4.78, 5) is 4.58. The van der Waals surface area contributed by atoms with Crippen LogP contribution in [0, 0.1) is 5.41 Å². The number of nitrogens with zero attached hydrogens (tertiary/aromatic N) is 3. The van der Waals surface area contributed by atoms with Crippen LogP contribution < -0.4 is 5.14 Å². The largest absolute Gasteiger partial charge is 0.416 e. The Labute approximate surface area is 171 Å². The fourth-order valence-corrected chi connectivity index (χ4v) is 5.46. The highest BCUT2D eigenvalue weighted by molar-refractivity contribution is 7.86. The van der Waals surface area contributed by atoms with Crippen molar-refractivity contribution in [1.29, 1.82) is 0 Å². The lowest BCUT2D eigenvalue weighted by Gasteiger charge is -2.30. The second kappa shape index (κ2) is 6.27. The van der Waals surface area contributed by atoms with E-state index in [-0.39, 0.29) is 11.3 Å². The summed E-state index contributed by atoms with van der Waals surface area (Å²) in [6, 6.07) is 5.30. The lowest BCUT2D eigenvalue weighted by Crippen LogP contribution is -2.43. The zero-order valence-electron chi connectivity index (χ0n) is 16.0. The molecule has 0 bridgehead atoms. The molecule has 2 N–H and O–H groups in total. The molecule has 1 saturated heterocycles. The summed E-state index contributed by atoms with van der Waals surface area (Å²) in [7, 11) is -3.68. The molecule has 1 atom stereocenters. The van der Waals surface area contributed by atoms with Crippen molar-refractivity contribution >= 4 is 10.2 Å². The Morgan fingerprint density at radius 3 is 2.47 bits per heavy atom. The average molecular weight is 442 g/mol. The number of piperidine rings is 1. The predicted octanol–water partition coefficient (Wildman–Crippen LogP) is 2.94. The van der Waals surface area contributed by atoms with Crippen molar-refractivity contribution in [1.82, 2.24) is 14.4 Å². The molecule has 3 fully saturated rings. The van der Waals surface area contributed by atoms with Gasteiger partial charge < -0.3 is 4.52 Å². The maximum Gasteiger partial charge on any atom is 0.416 e. The van der Waals surface area contributed by atoms with Crippen LogP contribution in [0.5, 0.6) is 0 Å². The highest BCUT2D eigenvalue weighted by atomic mass is 32.2. The van der Waals surface area contributed by atoms with E-state index in [0.29, 0.717) is 56.1 Å². The van der Waals surface area contributed by atoms with Crippen LogP contribution in [-0.2, 0) is 21.8 Å². The van der Waals surface area contributed by atoms with Gasteiger partial charge >= 0.3 is 6.18 Å². The molecule has 1 aromatic carbocycles. The van der Waals surface area contributed by atoms with Gasteiger partial charge in [0.2, 0.25) is 5.89 Å². The molecule has 7 nitrogen and oxygen atoms in total. The Hall–Kier alpha value is -1.98. The molecule has 162 valence electrons. The highest BCUT2D eigenvalue weighted by Gasteiger charge is 2.59. The predicted molar refractivity (Wildman–Crippen MR) is 99.5 cm³/mol. The number of rotatable bonds is 4. The Morgan fingerprint density at radius 1 is 1.17 bits per heavy atom. The Morgan fingerprint density at radius 2 is 1.87 bits per heavy atom. The van der Waals surface area contributed by atoms with Crippen molar-refractivity contribution in [3.05, 3.63) is 47.1 Å². The fraction of sp³-hybridized carbons (Fsp3) is 0.579. The molecule has 11 heteroatoms. The Bertz CT molecular complexity index is 1090. The molecule has 1 spiro atoms. The summed E-state index contributed by atoms with van der Waals surface area (Å²) < 4.78 is 69.1. The zero-order valence-corrected chi connectivity index (χ0v) is 16.8. The van der Waals surface area contributed by atoms with Crippen molar-refractivity contribution in [2.24, 2.45) is 10.6 Å². The van der Waals surface area contributed by atoms with Gasteiger partial charge in [-0.25, -0.2) is 5.14 Å². The van der Waals surface area contributed by atoms with Crippen molar-refractivity contribution in [3.8, 4) is 0 Å². The maximum atomic E-state index is 13.1. The maximum absolute atomic E-state index is 13.1. The third kappa shape index (κ3) is 3.23. The number of alkyl halides is 3. The van der Waals surface area contributed by atoms with Crippen LogP contribution in [0.4, 0.5) is 13.2 Å². The van der Waals surface area contributed by atoms with Gasteiger partial charge in [0.1, 0.15) is 0 Å².